The molecule has 104 valence electrons. The number of nitrogens with one attached hydrogen (secondary N) is 1. The van der Waals surface area contributed by atoms with Crippen molar-refractivity contribution in [1.82, 2.24) is 25.0 Å². The average Bonchev–Trinajstić information content (AvgIpc) is 3.28. The number of fused-ring (bicyclic) bond motifs is 1. The third-order valence-corrected chi connectivity index (χ3v) is 3.42. The summed E-state index contributed by atoms with van der Waals surface area (Å²) in [6, 6.07) is 9.36. The van der Waals surface area contributed by atoms with Crippen molar-refractivity contribution < 1.29 is 4.79 Å². The summed E-state index contributed by atoms with van der Waals surface area (Å²) in [5.74, 6) is 0.164. The molecule has 1 amide bonds. The van der Waals surface area contributed by atoms with Crippen molar-refractivity contribution in [1.29, 1.82) is 0 Å². The van der Waals surface area contributed by atoms with Gasteiger partial charge < -0.3 is 5.32 Å². The van der Waals surface area contributed by atoms with Gasteiger partial charge in [-0.2, -0.15) is 0 Å². The van der Waals surface area contributed by atoms with Gasteiger partial charge in [0.15, 0.2) is 17.0 Å². The summed E-state index contributed by atoms with van der Waals surface area (Å²) in [7, 11) is 0. The normalized spacial score (nSPS) is 14.3. The Labute approximate surface area is 120 Å². The summed E-state index contributed by atoms with van der Waals surface area (Å²) in [6.07, 6.45) is 3.60. The van der Waals surface area contributed by atoms with Crippen molar-refractivity contribution in [2.45, 2.75) is 18.9 Å². The molecular weight excluding hydrogens is 268 g/mol. The number of hydrogen-bond donors (Lipinski definition) is 1. The van der Waals surface area contributed by atoms with E-state index in [0.717, 1.165) is 12.8 Å². The van der Waals surface area contributed by atoms with Crippen LogP contribution in [-0.4, -0.2) is 30.9 Å². The number of rotatable bonds is 3. The van der Waals surface area contributed by atoms with Gasteiger partial charge in [0.2, 0.25) is 0 Å². The molecule has 0 radical (unpaired) electrons. The maximum atomic E-state index is 12.2. The van der Waals surface area contributed by atoms with Crippen LogP contribution >= 0.6 is 0 Å². The second-order valence-corrected chi connectivity index (χ2v) is 4.98. The van der Waals surface area contributed by atoms with Gasteiger partial charge in [-0.15, -0.1) is 5.10 Å². The minimum atomic E-state index is -0.225. The van der Waals surface area contributed by atoms with Crippen LogP contribution in [0, 0.1) is 0 Å². The Bertz CT molecular complexity index is 809. The Kier molecular flexibility index (Phi) is 2.63. The summed E-state index contributed by atoms with van der Waals surface area (Å²) in [4.78, 5) is 20.5. The first-order chi connectivity index (χ1) is 10.3. The molecule has 7 nitrogen and oxygen atoms in total. The Morgan fingerprint density at radius 1 is 1.19 bits per heavy atom. The molecule has 1 N–H and O–H groups in total. The molecule has 1 fully saturated rings. The number of carbonyl (C=O) groups is 1. The monoisotopic (exact) mass is 280 g/mol. The number of aromatic nitrogens is 5. The zero-order chi connectivity index (χ0) is 14.2. The van der Waals surface area contributed by atoms with E-state index < -0.39 is 0 Å². The van der Waals surface area contributed by atoms with E-state index in [1.807, 2.05) is 18.2 Å². The van der Waals surface area contributed by atoms with Crippen LogP contribution in [0.2, 0.25) is 0 Å². The van der Waals surface area contributed by atoms with Crippen LogP contribution in [0.4, 0.5) is 5.82 Å². The average molecular weight is 280 g/mol. The maximum absolute atomic E-state index is 12.2. The predicted octanol–water partition coefficient (Wildman–Crippen LogP) is 1.81. The van der Waals surface area contributed by atoms with E-state index in [9.17, 15) is 4.79 Å². The summed E-state index contributed by atoms with van der Waals surface area (Å²) in [5, 5.41) is 11.0. The Hall–Kier alpha value is -2.83. The Morgan fingerprint density at radius 3 is 2.76 bits per heavy atom. The second-order valence-electron chi connectivity index (χ2n) is 4.98. The molecular formula is C14H12N6O. The van der Waals surface area contributed by atoms with E-state index in [-0.39, 0.29) is 5.91 Å². The molecule has 0 spiro atoms. The highest BCUT2D eigenvalue weighted by molar-refractivity contribution is 6.06. The molecule has 1 aliphatic carbocycles. The van der Waals surface area contributed by atoms with Crippen molar-refractivity contribution in [3.63, 3.8) is 0 Å². The van der Waals surface area contributed by atoms with Gasteiger partial charge in [0.25, 0.3) is 5.91 Å². The summed E-state index contributed by atoms with van der Waals surface area (Å²) >= 11 is 0. The molecule has 0 bridgehead atoms. The number of nitrogens with zero attached hydrogens (tertiary/aromatic N) is 5. The zero-order valence-electron chi connectivity index (χ0n) is 11.1. The number of amides is 1. The van der Waals surface area contributed by atoms with Crippen LogP contribution in [0.15, 0.2) is 36.7 Å². The molecule has 2 aromatic heterocycles. The van der Waals surface area contributed by atoms with Gasteiger partial charge in [0.1, 0.15) is 6.33 Å². The molecule has 0 atom stereocenters. The van der Waals surface area contributed by atoms with Gasteiger partial charge in [0, 0.05) is 5.56 Å². The molecule has 0 saturated heterocycles. The number of anilines is 1. The molecule has 1 saturated carbocycles. The topological polar surface area (TPSA) is 85.6 Å². The molecule has 7 heteroatoms. The first-order valence-electron chi connectivity index (χ1n) is 6.75. The van der Waals surface area contributed by atoms with Crippen molar-refractivity contribution in [2.75, 3.05) is 5.32 Å². The van der Waals surface area contributed by atoms with Crippen LogP contribution < -0.4 is 5.32 Å². The molecule has 0 unspecified atom stereocenters. The number of hydrogen-bond acceptors (Lipinski definition) is 5. The van der Waals surface area contributed by atoms with E-state index in [4.69, 9.17) is 0 Å². The third kappa shape index (κ3) is 2.12. The number of carbonyl (C=O) groups excluding carboxylic acids is 1. The van der Waals surface area contributed by atoms with E-state index in [2.05, 4.69) is 25.6 Å². The minimum Gasteiger partial charge on any atom is -0.305 e. The zero-order valence-corrected chi connectivity index (χ0v) is 11.1. The van der Waals surface area contributed by atoms with Crippen molar-refractivity contribution in [3.8, 4) is 0 Å². The summed E-state index contributed by atoms with van der Waals surface area (Å²) in [5.41, 5.74) is 1.75. The third-order valence-electron chi connectivity index (χ3n) is 3.42. The highest BCUT2D eigenvalue weighted by atomic mass is 16.1. The van der Waals surface area contributed by atoms with E-state index >= 15 is 0 Å². The van der Waals surface area contributed by atoms with Crippen molar-refractivity contribution >= 4 is 22.9 Å². The molecule has 4 rings (SSSR count). The van der Waals surface area contributed by atoms with Crippen LogP contribution in [-0.2, 0) is 0 Å². The minimum absolute atomic E-state index is 0.225. The summed E-state index contributed by atoms with van der Waals surface area (Å²) < 4.78 is 1.80. The lowest BCUT2D eigenvalue weighted by Gasteiger charge is -2.04. The lowest BCUT2D eigenvalue weighted by atomic mass is 10.2. The van der Waals surface area contributed by atoms with Gasteiger partial charge in [-0.3, -0.25) is 4.79 Å². The highest BCUT2D eigenvalue weighted by Crippen LogP contribution is 2.36. The number of benzene rings is 1. The molecule has 21 heavy (non-hydrogen) atoms. The molecule has 3 aromatic rings. The van der Waals surface area contributed by atoms with Crippen LogP contribution in [0.5, 0.6) is 0 Å². The van der Waals surface area contributed by atoms with Crippen molar-refractivity contribution in [2.24, 2.45) is 0 Å². The molecule has 1 aromatic carbocycles. The van der Waals surface area contributed by atoms with Gasteiger partial charge in [0.05, 0.1) is 6.04 Å². The highest BCUT2D eigenvalue weighted by Gasteiger charge is 2.28. The lowest BCUT2D eigenvalue weighted by Crippen LogP contribution is -2.13. The molecule has 2 heterocycles. The van der Waals surface area contributed by atoms with Crippen LogP contribution in [0.3, 0.4) is 0 Å². The fourth-order valence-corrected chi connectivity index (χ4v) is 2.19. The summed E-state index contributed by atoms with van der Waals surface area (Å²) in [6.45, 7) is 0. The quantitative estimate of drug-likeness (QED) is 0.790. The fourth-order valence-electron chi connectivity index (χ4n) is 2.19. The smallest absolute Gasteiger partial charge is 0.256 e. The van der Waals surface area contributed by atoms with E-state index in [0.29, 0.717) is 28.6 Å². The SMILES string of the molecule is O=C(Nc1ncnc2c1nnn2C1CC1)c1ccccc1. The second kappa shape index (κ2) is 4.62. The van der Waals surface area contributed by atoms with E-state index in [1.165, 1.54) is 6.33 Å². The first kappa shape index (κ1) is 12.0. The van der Waals surface area contributed by atoms with Gasteiger partial charge in [-0.1, -0.05) is 23.4 Å². The van der Waals surface area contributed by atoms with Gasteiger partial charge >= 0.3 is 0 Å². The lowest BCUT2D eigenvalue weighted by molar-refractivity contribution is 0.102. The van der Waals surface area contributed by atoms with Crippen molar-refractivity contribution in [3.05, 3.63) is 42.2 Å². The van der Waals surface area contributed by atoms with Crippen LogP contribution in [0.1, 0.15) is 29.2 Å². The first-order valence-corrected chi connectivity index (χ1v) is 6.75. The van der Waals surface area contributed by atoms with Gasteiger partial charge in [-0.05, 0) is 25.0 Å². The molecule has 0 aliphatic heterocycles. The largest absolute Gasteiger partial charge is 0.305 e. The molecule has 1 aliphatic rings. The Balaban J connectivity index is 1.69. The Morgan fingerprint density at radius 2 is 2.00 bits per heavy atom. The fraction of sp³-hybridized carbons (Fsp3) is 0.214. The van der Waals surface area contributed by atoms with Crippen LogP contribution in [0.25, 0.3) is 11.2 Å². The van der Waals surface area contributed by atoms with E-state index in [1.54, 1.807) is 16.8 Å². The van der Waals surface area contributed by atoms with Gasteiger partial charge in [-0.25, -0.2) is 14.6 Å². The predicted molar refractivity (Wildman–Crippen MR) is 75.8 cm³/mol. The maximum Gasteiger partial charge on any atom is 0.256 e. The standard InChI is InChI=1S/C14H12N6O/c21-14(9-4-2-1-3-5-9)17-12-11-13(16-8-15-12)20(19-18-11)10-6-7-10/h1-5,8,10H,6-7H2,(H,15,16,17,21).